The highest BCUT2D eigenvalue weighted by Crippen LogP contribution is 2.26. The standard InChI is InChI=1S/C12H10FN3OS/c1-7-5-14-11(17-7)6-15-12-16-9-4-8(13)2-3-10(9)18-12/h2-5H,6H2,1H3,(H,15,16). The molecule has 0 atom stereocenters. The SMILES string of the molecule is Cc1cnc(CNc2nc3cc(F)ccc3s2)o1. The molecule has 0 fully saturated rings. The minimum atomic E-state index is -0.275. The third kappa shape index (κ3) is 2.19. The first-order valence-electron chi connectivity index (χ1n) is 5.42. The van der Waals surface area contributed by atoms with Crippen LogP contribution in [-0.2, 0) is 6.54 Å². The molecule has 0 spiro atoms. The van der Waals surface area contributed by atoms with Gasteiger partial charge in [-0.05, 0) is 19.1 Å². The van der Waals surface area contributed by atoms with Crippen molar-refractivity contribution in [2.75, 3.05) is 5.32 Å². The number of hydrogen-bond acceptors (Lipinski definition) is 5. The monoisotopic (exact) mass is 263 g/mol. The first-order chi connectivity index (χ1) is 8.70. The average Bonchev–Trinajstić information content (AvgIpc) is 2.92. The van der Waals surface area contributed by atoms with Gasteiger partial charge in [-0.25, -0.2) is 14.4 Å². The molecule has 2 heterocycles. The predicted octanol–water partition coefficient (Wildman–Crippen LogP) is 3.34. The number of benzene rings is 1. The summed E-state index contributed by atoms with van der Waals surface area (Å²) < 4.78 is 19.3. The van der Waals surface area contributed by atoms with Crippen molar-refractivity contribution in [3.8, 4) is 0 Å². The van der Waals surface area contributed by atoms with Gasteiger partial charge in [-0.1, -0.05) is 11.3 Å². The van der Waals surface area contributed by atoms with Gasteiger partial charge in [0, 0.05) is 6.07 Å². The summed E-state index contributed by atoms with van der Waals surface area (Å²) in [6, 6.07) is 4.58. The topological polar surface area (TPSA) is 51.0 Å². The lowest BCUT2D eigenvalue weighted by Crippen LogP contribution is -1.98. The van der Waals surface area contributed by atoms with Crippen LogP contribution < -0.4 is 5.32 Å². The van der Waals surface area contributed by atoms with Gasteiger partial charge < -0.3 is 9.73 Å². The minimum Gasteiger partial charge on any atom is -0.444 e. The third-order valence-corrected chi connectivity index (χ3v) is 3.40. The highest BCUT2D eigenvalue weighted by Gasteiger charge is 2.06. The number of oxazole rings is 1. The molecule has 3 aromatic rings. The van der Waals surface area contributed by atoms with Gasteiger partial charge in [-0.2, -0.15) is 0 Å². The Hall–Kier alpha value is -1.95. The van der Waals surface area contributed by atoms with Crippen LogP contribution in [0.4, 0.5) is 9.52 Å². The Balaban J connectivity index is 1.78. The number of aromatic nitrogens is 2. The van der Waals surface area contributed by atoms with Crippen LogP contribution in [0.2, 0.25) is 0 Å². The molecule has 18 heavy (non-hydrogen) atoms. The number of fused-ring (bicyclic) bond motifs is 1. The van der Waals surface area contributed by atoms with E-state index in [1.54, 1.807) is 12.3 Å². The molecule has 1 aromatic carbocycles. The number of aryl methyl sites for hydroxylation is 1. The second-order valence-electron chi connectivity index (χ2n) is 3.85. The van der Waals surface area contributed by atoms with Crippen molar-refractivity contribution in [1.29, 1.82) is 0 Å². The Morgan fingerprint density at radius 2 is 2.33 bits per heavy atom. The van der Waals surface area contributed by atoms with E-state index < -0.39 is 0 Å². The van der Waals surface area contributed by atoms with Crippen LogP contribution in [0, 0.1) is 12.7 Å². The quantitative estimate of drug-likeness (QED) is 0.787. The molecule has 0 bridgehead atoms. The summed E-state index contributed by atoms with van der Waals surface area (Å²) in [5.74, 6) is 1.11. The predicted molar refractivity (Wildman–Crippen MR) is 68.1 cm³/mol. The van der Waals surface area contributed by atoms with Crippen molar-refractivity contribution in [2.24, 2.45) is 0 Å². The summed E-state index contributed by atoms with van der Waals surface area (Å²) in [5.41, 5.74) is 0.658. The molecule has 0 radical (unpaired) electrons. The molecule has 0 aliphatic heterocycles. The molecular weight excluding hydrogens is 253 g/mol. The van der Waals surface area contributed by atoms with E-state index in [1.165, 1.54) is 23.5 Å². The molecular formula is C12H10FN3OS. The molecule has 3 rings (SSSR count). The third-order valence-electron chi connectivity index (χ3n) is 2.41. The first-order valence-corrected chi connectivity index (χ1v) is 6.23. The molecule has 0 aliphatic rings. The van der Waals surface area contributed by atoms with Crippen molar-refractivity contribution in [1.82, 2.24) is 9.97 Å². The Kier molecular flexibility index (Phi) is 2.71. The molecule has 0 saturated heterocycles. The second-order valence-corrected chi connectivity index (χ2v) is 4.88. The summed E-state index contributed by atoms with van der Waals surface area (Å²) in [6.45, 7) is 2.31. The fraction of sp³-hybridized carbons (Fsp3) is 0.167. The average molecular weight is 263 g/mol. The van der Waals surface area contributed by atoms with Crippen molar-refractivity contribution >= 4 is 26.7 Å². The summed E-state index contributed by atoms with van der Waals surface area (Å²) in [4.78, 5) is 8.38. The van der Waals surface area contributed by atoms with Crippen LogP contribution in [0.5, 0.6) is 0 Å². The summed E-state index contributed by atoms with van der Waals surface area (Å²) in [6.07, 6.45) is 1.67. The van der Waals surface area contributed by atoms with Gasteiger partial charge in [0.05, 0.1) is 23.0 Å². The largest absolute Gasteiger partial charge is 0.444 e. The van der Waals surface area contributed by atoms with Crippen molar-refractivity contribution in [2.45, 2.75) is 13.5 Å². The Morgan fingerprint density at radius 3 is 3.11 bits per heavy atom. The van der Waals surface area contributed by atoms with Gasteiger partial charge >= 0.3 is 0 Å². The highest BCUT2D eigenvalue weighted by molar-refractivity contribution is 7.22. The second kappa shape index (κ2) is 4.38. The molecule has 2 aromatic heterocycles. The van der Waals surface area contributed by atoms with Crippen molar-refractivity contribution in [3.05, 3.63) is 41.9 Å². The molecule has 0 aliphatic carbocycles. The van der Waals surface area contributed by atoms with Gasteiger partial charge in [0.2, 0.25) is 5.89 Å². The maximum absolute atomic E-state index is 13.0. The Bertz CT molecular complexity index is 692. The zero-order valence-electron chi connectivity index (χ0n) is 9.61. The fourth-order valence-corrected chi connectivity index (χ4v) is 2.45. The zero-order chi connectivity index (χ0) is 12.5. The Labute approximate surface area is 106 Å². The molecule has 6 heteroatoms. The zero-order valence-corrected chi connectivity index (χ0v) is 10.4. The molecule has 1 N–H and O–H groups in total. The van der Waals surface area contributed by atoms with Gasteiger partial charge in [0.25, 0.3) is 0 Å². The van der Waals surface area contributed by atoms with E-state index in [-0.39, 0.29) is 5.82 Å². The molecule has 92 valence electrons. The number of thiazole rings is 1. The van der Waals surface area contributed by atoms with Gasteiger partial charge in [0.15, 0.2) is 5.13 Å². The van der Waals surface area contributed by atoms with Crippen LogP contribution in [0.15, 0.2) is 28.8 Å². The molecule has 0 unspecified atom stereocenters. The van der Waals surface area contributed by atoms with E-state index in [1.807, 2.05) is 6.92 Å². The number of anilines is 1. The minimum absolute atomic E-state index is 0.275. The van der Waals surface area contributed by atoms with E-state index in [9.17, 15) is 4.39 Å². The number of halogens is 1. The van der Waals surface area contributed by atoms with Gasteiger partial charge in [-0.15, -0.1) is 0 Å². The summed E-state index contributed by atoms with van der Waals surface area (Å²) >= 11 is 1.47. The maximum Gasteiger partial charge on any atom is 0.213 e. The smallest absolute Gasteiger partial charge is 0.213 e. The van der Waals surface area contributed by atoms with Crippen molar-refractivity contribution < 1.29 is 8.81 Å². The van der Waals surface area contributed by atoms with E-state index in [0.29, 0.717) is 18.0 Å². The molecule has 0 saturated carbocycles. The summed E-state index contributed by atoms with van der Waals surface area (Å²) in [7, 11) is 0. The van der Waals surface area contributed by atoms with Crippen molar-refractivity contribution in [3.63, 3.8) is 0 Å². The Morgan fingerprint density at radius 1 is 1.44 bits per heavy atom. The normalized spacial score (nSPS) is 11.0. The van der Waals surface area contributed by atoms with Crippen LogP contribution in [0.3, 0.4) is 0 Å². The van der Waals surface area contributed by atoms with E-state index in [2.05, 4.69) is 15.3 Å². The number of nitrogens with zero attached hydrogens (tertiary/aromatic N) is 2. The number of rotatable bonds is 3. The first kappa shape index (κ1) is 11.2. The number of hydrogen-bond donors (Lipinski definition) is 1. The lowest BCUT2D eigenvalue weighted by molar-refractivity contribution is 0.479. The van der Waals surface area contributed by atoms with Crippen LogP contribution in [-0.4, -0.2) is 9.97 Å². The lowest BCUT2D eigenvalue weighted by Gasteiger charge is -1.96. The van der Waals surface area contributed by atoms with Crippen LogP contribution in [0.1, 0.15) is 11.7 Å². The highest BCUT2D eigenvalue weighted by atomic mass is 32.1. The van der Waals surface area contributed by atoms with E-state index >= 15 is 0 Å². The van der Waals surface area contributed by atoms with Crippen LogP contribution in [0.25, 0.3) is 10.2 Å². The van der Waals surface area contributed by atoms with E-state index in [4.69, 9.17) is 4.42 Å². The molecule has 4 nitrogen and oxygen atoms in total. The summed E-state index contributed by atoms with van der Waals surface area (Å²) in [5, 5.41) is 3.84. The van der Waals surface area contributed by atoms with Gasteiger partial charge in [-0.3, -0.25) is 0 Å². The fourth-order valence-electron chi connectivity index (χ4n) is 1.61. The lowest BCUT2D eigenvalue weighted by atomic mass is 10.3. The number of nitrogens with one attached hydrogen (secondary N) is 1. The van der Waals surface area contributed by atoms with E-state index in [0.717, 1.165) is 15.6 Å². The molecule has 0 amide bonds. The maximum atomic E-state index is 13.0. The van der Waals surface area contributed by atoms with Gasteiger partial charge in [0.1, 0.15) is 11.6 Å². The van der Waals surface area contributed by atoms with Crippen LogP contribution >= 0.6 is 11.3 Å².